The summed E-state index contributed by atoms with van der Waals surface area (Å²) < 4.78 is 11.8. The average molecular weight is 356 g/mol. The van der Waals surface area contributed by atoms with Gasteiger partial charge >= 0.3 is 0 Å². The average Bonchev–Trinajstić information content (AvgIpc) is 2.69. The summed E-state index contributed by atoms with van der Waals surface area (Å²) in [5.74, 6) is 0.541. The summed E-state index contributed by atoms with van der Waals surface area (Å²) in [6, 6.07) is 4.12. The topological polar surface area (TPSA) is 90.6 Å². The van der Waals surface area contributed by atoms with Crippen LogP contribution in [0.4, 0.5) is 5.69 Å². The number of benzene rings is 1. The number of amides is 1. The minimum Gasteiger partial charge on any atom is -0.488 e. The number of primary amides is 1. The highest BCUT2D eigenvalue weighted by molar-refractivity contribution is 5.85. The van der Waals surface area contributed by atoms with E-state index < -0.39 is 0 Å². The fourth-order valence-corrected chi connectivity index (χ4v) is 3.77. The monoisotopic (exact) mass is 356 g/mol. The van der Waals surface area contributed by atoms with E-state index in [9.17, 15) is 4.79 Å². The van der Waals surface area contributed by atoms with Crippen molar-refractivity contribution in [3.05, 3.63) is 24.5 Å². The molecule has 7 heteroatoms. The number of hydrogen-bond acceptors (Lipinski definition) is 6. The number of nitrogens with two attached hydrogens (primary N) is 1. The van der Waals surface area contributed by atoms with Crippen molar-refractivity contribution in [2.75, 3.05) is 31.2 Å². The van der Waals surface area contributed by atoms with Crippen LogP contribution in [0.1, 0.15) is 25.7 Å². The number of fused-ring (bicyclic) bond motifs is 1. The summed E-state index contributed by atoms with van der Waals surface area (Å²) in [5.41, 5.74) is 8.12. The fourth-order valence-electron chi connectivity index (χ4n) is 3.77. The lowest BCUT2D eigenvalue weighted by atomic mass is 9.87. The molecule has 0 radical (unpaired) electrons. The Labute approximate surface area is 152 Å². The van der Waals surface area contributed by atoms with Crippen LogP contribution in [0.25, 0.3) is 11.0 Å². The molecule has 2 fully saturated rings. The first kappa shape index (κ1) is 17.0. The number of morpholine rings is 1. The first-order valence-electron chi connectivity index (χ1n) is 9.24. The molecule has 0 spiro atoms. The zero-order valence-electron chi connectivity index (χ0n) is 14.8. The molecule has 1 aromatic carbocycles. The van der Waals surface area contributed by atoms with Gasteiger partial charge < -0.3 is 20.1 Å². The Morgan fingerprint density at radius 2 is 1.85 bits per heavy atom. The number of rotatable bonds is 4. The Bertz CT molecular complexity index is 783. The number of ether oxygens (including phenoxy) is 2. The molecule has 26 heavy (non-hydrogen) atoms. The molecule has 2 aromatic rings. The van der Waals surface area contributed by atoms with Gasteiger partial charge in [-0.3, -0.25) is 9.78 Å². The third-order valence-corrected chi connectivity index (χ3v) is 5.27. The van der Waals surface area contributed by atoms with E-state index in [-0.39, 0.29) is 17.9 Å². The molecule has 0 atom stereocenters. The molecule has 138 valence electrons. The SMILES string of the molecule is NC(=O)C1CCC(Oc2cc(N3CCOCC3)cc3nccnc23)CC1. The fraction of sp³-hybridized carbons (Fsp3) is 0.526. The second kappa shape index (κ2) is 7.45. The van der Waals surface area contributed by atoms with E-state index in [4.69, 9.17) is 15.2 Å². The summed E-state index contributed by atoms with van der Waals surface area (Å²) in [5, 5.41) is 0. The van der Waals surface area contributed by atoms with Crippen molar-refractivity contribution in [1.82, 2.24) is 9.97 Å². The van der Waals surface area contributed by atoms with Gasteiger partial charge in [0, 0.05) is 43.2 Å². The molecule has 7 nitrogen and oxygen atoms in total. The van der Waals surface area contributed by atoms with Gasteiger partial charge in [0.05, 0.1) is 24.8 Å². The molecule has 2 aliphatic rings. The molecule has 1 aromatic heterocycles. The molecule has 2 N–H and O–H groups in total. The summed E-state index contributed by atoms with van der Waals surface area (Å²) in [6.07, 6.45) is 6.70. The zero-order valence-corrected chi connectivity index (χ0v) is 14.8. The van der Waals surface area contributed by atoms with Crippen LogP contribution in [0.5, 0.6) is 5.75 Å². The van der Waals surface area contributed by atoms with Gasteiger partial charge in [-0.2, -0.15) is 0 Å². The number of anilines is 1. The number of carbonyl (C=O) groups excluding carboxylic acids is 1. The summed E-state index contributed by atoms with van der Waals surface area (Å²) in [4.78, 5) is 22.6. The third kappa shape index (κ3) is 3.58. The molecule has 2 heterocycles. The highest BCUT2D eigenvalue weighted by atomic mass is 16.5. The van der Waals surface area contributed by atoms with Crippen molar-refractivity contribution in [1.29, 1.82) is 0 Å². The molecule has 1 saturated carbocycles. The first-order chi connectivity index (χ1) is 12.7. The normalized spacial score (nSPS) is 23.8. The van der Waals surface area contributed by atoms with Gasteiger partial charge in [0.25, 0.3) is 0 Å². The smallest absolute Gasteiger partial charge is 0.220 e. The van der Waals surface area contributed by atoms with Crippen LogP contribution >= 0.6 is 0 Å². The van der Waals surface area contributed by atoms with Crippen molar-refractivity contribution in [2.24, 2.45) is 11.7 Å². The minimum absolute atomic E-state index is 0.0222. The lowest BCUT2D eigenvalue weighted by molar-refractivity contribution is -0.123. The molecule has 0 bridgehead atoms. The Kier molecular flexibility index (Phi) is 4.88. The lowest BCUT2D eigenvalue weighted by Gasteiger charge is -2.30. The van der Waals surface area contributed by atoms with Gasteiger partial charge in [-0.25, -0.2) is 4.98 Å². The van der Waals surface area contributed by atoms with Crippen LogP contribution < -0.4 is 15.4 Å². The van der Waals surface area contributed by atoms with Gasteiger partial charge in [0.2, 0.25) is 5.91 Å². The molecule has 1 amide bonds. The Morgan fingerprint density at radius 1 is 1.12 bits per heavy atom. The maximum absolute atomic E-state index is 11.4. The molecule has 1 aliphatic carbocycles. The quantitative estimate of drug-likeness (QED) is 0.900. The van der Waals surface area contributed by atoms with Crippen LogP contribution in [0.3, 0.4) is 0 Å². The number of carbonyl (C=O) groups is 1. The molecule has 4 rings (SSSR count). The van der Waals surface area contributed by atoms with Crippen LogP contribution in [0.2, 0.25) is 0 Å². The first-order valence-corrected chi connectivity index (χ1v) is 9.24. The molecular formula is C19H24N4O3. The largest absolute Gasteiger partial charge is 0.488 e. The van der Waals surface area contributed by atoms with E-state index in [0.717, 1.165) is 74.5 Å². The van der Waals surface area contributed by atoms with Crippen LogP contribution in [0.15, 0.2) is 24.5 Å². The van der Waals surface area contributed by atoms with Crippen molar-refractivity contribution in [3.63, 3.8) is 0 Å². The van der Waals surface area contributed by atoms with Crippen molar-refractivity contribution < 1.29 is 14.3 Å². The van der Waals surface area contributed by atoms with Gasteiger partial charge in [0.1, 0.15) is 11.3 Å². The maximum atomic E-state index is 11.4. The van der Waals surface area contributed by atoms with Crippen molar-refractivity contribution in [3.8, 4) is 5.75 Å². The predicted molar refractivity (Wildman–Crippen MR) is 98.1 cm³/mol. The maximum Gasteiger partial charge on any atom is 0.220 e. The van der Waals surface area contributed by atoms with Crippen molar-refractivity contribution in [2.45, 2.75) is 31.8 Å². The van der Waals surface area contributed by atoms with Crippen LogP contribution in [0, 0.1) is 5.92 Å². The van der Waals surface area contributed by atoms with E-state index in [1.165, 1.54) is 0 Å². The number of aromatic nitrogens is 2. The Balaban J connectivity index is 1.58. The molecule has 1 saturated heterocycles. The third-order valence-electron chi connectivity index (χ3n) is 5.27. The van der Waals surface area contributed by atoms with E-state index in [1.54, 1.807) is 12.4 Å². The van der Waals surface area contributed by atoms with Gasteiger partial charge in [-0.1, -0.05) is 0 Å². The molecule has 0 unspecified atom stereocenters. The van der Waals surface area contributed by atoms with Crippen LogP contribution in [-0.2, 0) is 9.53 Å². The summed E-state index contributed by atoms with van der Waals surface area (Å²) in [6.45, 7) is 3.17. The standard InChI is InChI=1S/C19H24N4O3/c20-19(24)13-1-3-15(4-2-13)26-17-12-14(23-7-9-25-10-8-23)11-16-18(17)22-6-5-21-16/h5-6,11-13,15H,1-4,7-10H2,(H2,20,24). The van der Waals surface area contributed by atoms with E-state index in [0.29, 0.717) is 0 Å². The second-order valence-corrected chi connectivity index (χ2v) is 6.96. The van der Waals surface area contributed by atoms with Crippen molar-refractivity contribution >= 4 is 22.6 Å². The summed E-state index contributed by atoms with van der Waals surface area (Å²) in [7, 11) is 0. The molecular weight excluding hydrogens is 332 g/mol. The summed E-state index contributed by atoms with van der Waals surface area (Å²) >= 11 is 0. The van der Waals surface area contributed by atoms with E-state index in [1.807, 2.05) is 0 Å². The Morgan fingerprint density at radius 3 is 2.58 bits per heavy atom. The van der Waals surface area contributed by atoms with Gasteiger partial charge in [0.15, 0.2) is 0 Å². The van der Waals surface area contributed by atoms with E-state index in [2.05, 4.69) is 27.0 Å². The highest BCUT2D eigenvalue weighted by Crippen LogP contribution is 2.33. The van der Waals surface area contributed by atoms with E-state index >= 15 is 0 Å². The lowest BCUT2D eigenvalue weighted by Crippen LogP contribution is -2.36. The van der Waals surface area contributed by atoms with Gasteiger partial charge in [-0.05, 0) is 31.7 Å². The number of hydrogen-bond donors (Lipinski definition) is 1. The minimum atomic E-state index is -0.200. The van der Waals surface area contributed by atoms with Crippen LogP contribution in [-0.4, -0.2) is 48.3 Å². The number of nitrogens with zero attached hydrogens (tertiary/aromatic N) is 3. The Hall–Kier alpha value is -2.41. The zero-order chi connectivity index (χ0) is 17.9. The molecule has 1 aliphatic heterocycles. The predicted octanol–water partition coefficient (Wildman–Crippen LogP) is 1.89. The van der Waals surface area contributed by atoms with Gasteiger partial charge in [-0.15, -0.1) is 0 Å². The highest BCUT2D eigenvalue weighted by Gasteiger charge is 2.26. The second-order valence-electron chi connectivity index (χ2n) is 6.96.